The van der Waals surface area contributed by atoms with Crippen LogP contribution in [0.5, 0.6) is 0 Å². The van der Waals surface area contributed by atoms with Gasteiger partial charge in [-0.05, 0) is 18.6 Å². The fourth-order valence-corrected chi connectivity index (χ4v) is 3.88. The van der Waals surface area contributed by atoms with Gasteiger partial charge in [0.25, 0.3) is 0 Å². The molecule has 0 radical (unpaired) electrons. The van der Waals surface area contributed by atoms with E-state index in [0.29, 0.717) is 11.8 Å². The van der Waals surface area contributed by atoms with Crippen molar-refractivity contribution in [2.75, 3.05) is 45.1 Å². The lowest BCUT2D eigenvalue weighted by atomic mass is 10.1. The zero-order valence-electron chi connectivity index (χ0n) is 12.8. The summed E-state index contributed by atoms with van der Waals surface area (Å²) < 4.78 is 12.2. The molecule has 1 aromatic rings. The third-order valence-corrected chi connectivity index (χ3v) is 5.56. The zero-order chi connectivity index (χ0) is 15.1. The minimum absolute atomic E-state index is 0.245. The summed E-state index contributed by atoms with van der Waals surface area (Å²) in [5.74, 6) is 0.696. The minimum Gasteiger partial charge on any atom is -0.395 e. The van der Waals surface area contributed by atoms with Crippen LogP contribution in [0.25, 0.3) is 0 Å². The molecule has 0 amide bonds. The second kappa shape index (κ2) is 8.63. The summed E-state index contributed by atoms with van der Waals surface area (Å²) in [5, 5.41) is 9.35. The third-order valence-electron chi connectivity index (χ3n) is 4.20. The average Bonchev–Trinajstić information content (AvgIpc) is 2.55. The molecule has 1 aliphatic heterocycles. The van der Waals surface area contributed by atoms with E-state index in [1.165, 1.54) is 0 Å². The molecule has 1 N–H and O–H groups in total. The first-order valence-electron chi connectivity index (χ1n) is 7.75. The van der Waals surface area contributed by atoms with Crippen LogP contribution < -0.4 is 0 Å². The zero-order valence-corrected chi connectivity index (χ0v) is 13.6. The molecule has 4 nitrogen and oxygen atoms in total. The lowest BCUT2D eigenvalue weighted by molar-refractivity contribution is 0.0661. The highest BCUT2D eigenvalue weighted by molar-refractivity contribution is 7.85. The molecule has 0 aliphatic carbocycles. The standard InChI is InChI=1S/C16H26N2O2S/c1-2-15(14-19)18-10-8-17(9-11-18)12-13-21(20)16-6-4-3-5-7-16/h3-7,15,19H,2,8-14H2,1H3. The van der Waals surface area contributed by atoms with Crippen molar-refractivity contribution in [3.63, 3.8) is 0 Å². The van der Waals surface area contributed by atoms with E-state index < -0.39 is 10.8 Å². The van der Waals surface area contributed by atoms with Gasteiger partial charge in [0.05, 0.1) is 17.4 Å². The number of piperazine rings is 1. The summed E-state index contributed by atoms with van der Waals surface area (Å²) in [6, 6.07) is 9.98. The maximum Gasteiger partial charge on any atom is 0.0586 e. The molecule has 21 heavy (non-hydrogen) atoms. The van der Waals surface area contributed by atoms with Crippen molar-refractivity contribution in [2.45, 2.75) is 24.3 Å². The number of aliphatic hydroxyl groups is 1. The van der Waals surface area contributed by atoms with Gasteiger partial charge in [0, 0.05) is 49.4 Å². The number of hydrogen-bond donors (Lipinski definition) is 1. The maximum absolute atomic E-state index is 12.2. The Morgan fingerprint density at radius 3 is 2.43 bits per heavy atom. The van der Waals surface area contributed by atoms with Crippen LogP contribution in [0.3, 0.4) is 0 Å². The quantitative estimate of drug-likeness (QED) is 0.821. The number of nitrogens with zero attached hydrogens (tertiary/aromatic N) is 2. The van der Waals surface area contributed by atoms with E-state index in [-0.39, 0.29) is 6.61 Å². The molecular formula is C16H26N2O2S. The van der Waals surface area contributed by atoms with E-state index in [2.05, 4.69) is 16.7 Å². The predicted molar refractivity (Wildman–Crippen MR) is 86.9 cm³/mol. The summed E-state index contributed by atoms with van der Waals surface area (Å²) in [5.41, 5.74) is 0. The van der Waals surface area contributed by atoms with Crippen LogP contribution in [0, 0.1) is 0 Å². The highest BCUT2D eigenvalue weighted by Gasteiger charge is 2.22. The van der Waals surface area contributed by atoms with Crippen LogP contribution in [-0.2, 0) is 10.8 Å². The molecule has 1 saturated heterocycles. The molecule has 0 aromatic heterocycles. The van der Waals surface area contributed by atoms with Crippen LogP contribution in [0.15, 0.2) is 35.2 Å². The summed E-state index contributed by atoms with van der Waals surface area (Å²) >= 11 is 0. The molecule has 2 atom stereocenters. The second-order valence-electron chi connectivity index (χ2n) is 5.48. The van der Waals surface area contributed by atoms with Crippen LogP contribution in [-0.4, -0.2) is 70.2 Å². The Hall–Kier alpha value is -0.750. The summed E-state index contributed by atoms with van der Waals surface area (Å²) in [6.45, 7) is 7.25. The summed E-state index contributed by atoms with van der Waals surface area (Å²) in [4.78, 5) is 5.66. The largest absolute Gasteiger partial charge is 0.395 e. The molecule has 5 heteroatoms. The normalized spacial score (nSPS) is 20.3. The van der Waals surface area contributed by atoms with Gasteiger partial charge >= 0.3 is 0 Å². The Labute approximate surface area is 130 Å². The van der Waals surface area contributed by atoms with Gasteiger partial charge in [-0.15, -0.1) is 0 Å². The SMILES string of the molecule is CCC(CO)N1CCN(CCS(=O)c2ccccc2)CC1. The molecule has 118 valence electrons. The van der Waals surface area contributed by atoms with Gasteiger partial charge in [-0.2, -0.15) is 0 Å². The lowest BCUT2D eigenvalue weighted by Crippen LogP contribution is -2.51. The second-order valence-corrected chi connectivity index (χ2v) is 7.06. The first kappa shape index (κ1) is 16.6. The van der Waals surface area contributed by atoms with Crippen LogP contribution >= 0.6 is 0 Å². The van der Waals surface area contributed by atoms with E-state index in [1.807, 2.05) is 30.3 Å². The van der Waals surface area contributed by atoms with E-state index >= 15 is 0 Å². The van der Waals surface area contributed by atoms with Crippen molar-refractivity contribution >= 4 is 10.8 Å². The van der Waals surface area contributed by atoms with E-state index in [1.54, 1.807) is 0 Å². The molecule has 1 fully saturated rings. The lowest BCUT2D eigenvalue weighted by Gasteiger charge is -2.38. The van der Waals surface area contributed by atoms with Gasteiger partial charge in [-0.1, -0.05) is 25.1 Å². The van der Waals surface area contributed by atoms with E-state index in [0.717, 1.165) is 44.0 Å². The van der Waals surface area contributed by atoms with Crippen LogP contribution in [0.2, 0.25) is 0 Å². The Balaban J connectivity index is 1.73. The van der Waals surface area contributed by atoms with Gasteiger partial charge in [-0.25, -0.2) is 0 Å². The van der Waals surface area contributed by atoms with E-state index in [9.17, 15) is 9.32 Å². The van der Waals surface area contributed by atoms with Crippen molar-refractivity contribution in [3.05, 3.63) is 30.3 Å². The smallest absolute Gasteiger partial charge is 0.0586 e. The van der Waals surface area contributed by atoms with E-state index in [4.69, 9.17) is 0 Å². The van der Waals surface area contributed by atoms with Gasteiger partial charge in [0.2, 0.25) is 0 Å². The predicted octanol–water partition coefficient (Wildman–Crippen LogP) is 1.18. The fraction of sp³-hybridized carbons (Fsp3) is 0.625. The van der Waals surface area contributed by atoms with Crippen molar-refractivity contribution in [1.82, 2.24) is 9.80 Å². The average molecular weight is 310 g/mol. The monoisotopic (exact) mass is 310 g/mol. The molecule has 2 unspecified atom stereocenters. The number of hydrogen-bond acceptors (Lipinski definition) is 4. The van der Waals surface area contributed by atoms with Crippen molar-refractivity contribution in [3.8, 4) is 0 Å². The Morgan fingerprint density at radius 1 is 1.19 bits per heavy atom. The topological polar surface area (TPSA) is 43.8 Å². The van der Waals surface area contributed by atoms with Crippen LogP contribution in [0.4, 0.5) is 0 Å². The van der Waals surface area contributed by atoms with Gasteiger partial charge < -0.3 is 5.11 Å². The first-order valence-corrected chi connectivity index (χ1v) is 9.07. The Morgan fingerprint density at radius 2 is 1.86 bits per heavy atom. The molecule has 2 rings (SSSR count). The molecule has 0 spiro atoms. The van der Waals surface area contributed by atoms with Crippen LogP contribution in [0.1, 0.15) is 13.3 Å². The fourth-order valence-electron chi connectivity index (χ4n) is 2.76. The Bertz CT molecular complexity index is 429. The first-order chi connectivity index (χ1) is 10.2. The molecule has 0 saturated carbocycles. The minimum atomic E-state index is -0.901. The highest BCUT2D eigenvalue weighted by Crippen LogP contribution is 2.10. The summed E-state index contributed by atoms with van der Waals surface area (Å²) in [7, 11) is -0.901. The molecule has 1 heterocycles. The highest BCUT2D eigenvalue weighted by atomic mass is 32.2. The number of rotatable bonds is 7. The van der Waals surface area contributed by atoms with Crippen molar-refractivity contribution in [2.24, 2.45) is 0 Å². The molecule has 1 aliphatic rings. The maximum atomic E-state index is 12.2. The molecule has 0 bridgehead atoms. The molecule has 1 aromatic carbocycles. The van der Waals surface area contributed by atoms with Crippen molar-refractivity contribution in [1.29, 1.82) is 0 Å². The molecular weight excluding hydrogens is 284 g/mol. The number of benzene rings is 1. The Kier molecular flexibility index (Phi) is 6.83. The summed E-state index contributed by atoms with van der Waals surface area (Å²) in [6.07, 6.45) is 0.995. The van der Waals surface area contributed by atoms with Gasteiger partial charge in [0.15, 0.2) is 0 Å². The van der Waals surface area contributed by atoms with Crippen molar-refractivity contribution < 1.29 is 9.32 Å². The van der Waals surface area contributed by atoms with Gasteiger partial charge in [-0.3, -0.25) is 14.0 Å². The third kappa shape index (κ3) is 4.88. The van der Waals surface area contributed by atoms with Gasteiger partial charge in [0.1, 0.15) is 0 Å². The number of aliphatic hydroxyl groups excluding tert-OH is 1.